The van der Waals surface area contributed by atoms with Crippen LogP contribution in [0.1, 0.15) is 37.8 Å². The molecule has 21 heavy (non-hydrogen) atoms. The molecule has 0 saturated heterocycles. The Balaban J connectivity index is 1.98. The minimum atomic E-state index is -0.312. The van der Waals surface area contributed by atoms with Gasteiger partial charge in [0.2, 0.25) is 0 Å². The molecular weight excluding hydrogens is 307 g/mol. The van der Waals surface area contributed by atoms with Crippen molar-refractivity contribution < 1.29 is 0 Å². The minimum Gasteiger partial charge on any atom is -0.370 e. The average molecular weight is 325 g/mol. The van der Waals surface area contributed by atoms with Crippen molar-refractivity contribution >= 4 is 29.2 Å². The number of nitriles is 1. The SMILES string of the molecule is CC(NC(N)=NCC1(C#N)CCC1)c1ccc(Cl)cc1Cl. The normalized spacial score (nSPS) is 18.5. The number of aliphatic imine (C=N–C) groups is 1. The van der Waals surface area contributed by atoms with Crippen molar-refractivity contribution in [1.29, 1.82) is 5.26 Å². The van der Waals surface area contributed by atoms with Gasteiger partial charge in [-0.25, -0.2) is 0 Å². The largest absolute Gasteiger partial charge is 0.370 e. The smallest absolute Gasteiger partial charge is 0.189 e. The van der Waals surface area contributed by atoms with Crippen molar-refractivity contribution in [3.8, 4) is 6.07 Å². The van der Waals surface area contributed by atoms with E-state index in [0.717, 1.165) is 24.8 Å². The molecule has 0 aliphatic heterocycles. The van der Waals surface area contributed by atoms with E-state index in [0.29, 0.717) is 22.5 Å². The van der Waals surface area contributed by atoms with Gasteiger partial charge in [-0.05, 0) is 37.5 Å². The summed E-state index contributed by atoms with van der Waals surface area (Å²) in [5, 5.41) is 13.4. The van der Waals surface area contributed by atoms with Crippen LogP contribution in [-0.4, -0.2) is 12.5 Å². The fraction of sp³-hybridized carbons (Fsp3) is 0.467. The number of benzene rings is 1. The van der Waals surface area contributed by atoms with Crippen LogP contribution < -0.4 is 11.1 Å². The molecular formula is C15H18Cl2N4. The van der Waals surface area contributed by atoms with Crippen molar-refractivity contribution in [2.24, 2.45) is 16.1 Å². The molecule has 0 heterocycles. The first-order chi connectivity index (χ1) is 9.96. The predicted octanol–water partition coefficient (Wildman–Crippen LogP) is 3.65. The van der Waals surface area contributed by atoms with Gasteiger partial charge in [0.1, 0.15) is 0 Å². The van der Waals surface area contributed by atoms with Crippen LogP contribution in [0.15, 0.2) is 23.2 Å². The lowest BCUT2D eigenvalue weighted by Gasteiger charge is -2.33. The van der Waals surface area contributed by atoms with E-state index in [1.165, 1.54) is 0 Å². The van der Waals surface area contributed by atoms with E-state index in [-0.39, 0.29) is 11.5 Å². The Hall–Kier alpha value is -1.44. The van der Waals surface area contributed by atoms with Crippen LogP contribution in [0, 0.1) is 16.7 Å². The third-order valence-electron chi connectivity index (χ3n) is 3.89. The summed E-state index contributed by atoms with van der Waals surface area (Å²) in [6, 6.07) is 7.60. The summed E-state index contributed by atoms with van der Waals surface area (Å²) in [6.07, 6.45) is 2.89. The Kier molecular flexibility index (Phi) is 4.97. The number of nitrogens with two attached hydrogens (primary N) is 1. The molecule has 3 N–H and O–H groups in total. The Morgan fingerprint density at radius 3 is 2.76 bits per heavy atom. The van der Waals surface area contributed by atoms with Gasteiger partial charge in [-0.1, -0.05) is 35.7 Å². The molecule has 0 aromatic heterocycles. The van der Waals surface area contributed by atoms with Crippen LogP contribution in [0.3, 0.4) is 0 Å². The highest BCUT2D eigenvalue weighted by Gasteiger charge is 2.37. The van der Waals surface area contributed by atoms with Crippen LogP contribution in [-0.2, 0) is 0 Å². The second-order valence-corrected chi connectivity index (χ2v) is 6.32. The minimum absolute atomic E-state index is 0.0852. The van der Waals surface area contributed by atoms with Gasteiger partial charge >= 0.3 is 0 Å². The monoisotopic (exact) mass is 324 g/mol. The maximum absolute atomic E-state index is 9.16. The van der Waals surface area contributed by atoms with Crippen LogP contribution in [0.25, 0.3) is 0 Å². The first-order valence-electron chi connectivity index (χ1n) is 6.88. The van der Waals surface area contributed by atoms with Gasteiger partial charge in [-0.15, -0.1) is 0 Å². The zero-order valence-electron chi connectivity index (χ0n) is 11.9. The quantitative estimate of drug-likeness (QED) is 0.655. The van der Waals surface area contributed by atoms with Gasteiger partial charge in [0.15, 0.2) is 5.96 Å². The van der Waals surface area contributed by atoms with Gasteiger partial charge in [-0.3, -0.25) is 4.99 Å². The van der Waals surface area contributed by atoms with Gasteiger partial charge in [0.25, 0.3) is 0 Å². The summed E-state index contributed by atoms with van der Waals surface area (Å²) in [5.41, 5.74) is 6.48. The summed E-state index contributed by atoms with van der Waals surface area (Å²) in [4.78, 5) is 4.29. The van der Waals surface area contributed by atoms with Gasteiger partial charge in [-0.2, -0.15) is 5.26 Å². The molecule has 1 aromatic rings. The van der Waals surface area contributed by atoms with E-state index >= 15 is 0 Å². The Morgan fingerprint density at radius 2 is 2.24 bits per heavy atom. The molecule has 2 rings (SSSR count). The van der Waals surface area contributed by atoms with Gasteiger partial charge < -0.3 is 11.1 Å². The molecule has 1 aromatic carbocycles. The van der Waals surface area contributed by atoms with Gasteiger partial charge in [0, 0.05) is 10.0 Å². The number of hydrogen-bond acceptors (Lipinski definition) is 2. The summed E-state index contributed by atoms with van der Waals surface area (Å²) in [7, 11) is 0. The molecule has 0 amide bonds. The van der Waals surface area contributed by atoms with E-state index in [1.54, 1.807) is 12.1 Å². The van der Waals surface area contributed by atoms with E-state index in [4.69, 9.17) is 34.2 Å². The standard InChI is InChI=1S/C15H18Cl2N4/c1-10(12-4-3-11(16)7-13(12)17)21-14(19)20-9-15(8-18)5-2-6-15/h3-4,7,10H,2,5-6,9H2,1H3,(H3,19,20,21). The fourth-order valence-corrected chi connectivity index (χ4v) is 2.92. The Labute approximate surface area is 134 Å². The molecule has 1 fully saturated rings. The average Bonchev–Trinajstić information content (AvgIpc) is 2.37. The predicted molar refractivity (Wildman–Crippen MR) is 86.4 cm³/mol. The number of nitrogens with zero attached hydrogens (tertiary/aromatic N) is 2. The number of hydrogen-bond donors (Lipinski definition) is 2. The number of guanidine groups is 1. The molecule has 6 heteroatoms. The van der Waals surface area contributed by atoms with Crippen molar-refractivity contribution in [2.45, 2.75) is 32.2 Å². The molecule has 0 spiro atoms. The van der Waals surface area contributed by atoms with Crippen molar-refractivity contribution in [3.63, 3.8) is 0 Å². The van der Waals surface area contributed by atoms with E-state index in [9.17, 15) is 0 Å². The lowest BCUT2D eigenvalue weighted by Crippen LogP contribution is -2.37. The van der Waals surface area contributed by atoms with Gasteiger partial charge in [0.05, 0.1) is 24.1 Å². The summed E-state index contributed by atoms with van der Waals surface area (Å²) in [5.74, 6) is 0.329. The Bertz CT molecular complexity index is 588. The van der Waals surface area contributed by atoms with Crippen LogP contribution in [0.5, 0.6) is 0 Å². The zero-order valence-corrected chi connectivity index (χ0v) is 13.4. The number of halogens is 2. The summed E-state index contributed by atoms with van der Waals surface area (Å²) in [6.45, 7) is 2.39. The molecule has 1 unspecified atom stereocenters. The molecule has 4 nitrogen and oxygen atoms in total. The maximum atomic E-state index is 9.16. The molecule has 0 bridgehead atoms. The van der Waals surface area contributed by atoms with E-state index in [1.807, 2.05) is 13.0 Å². The first-order valence-corrected chi connectivity index (χ1v) is 7.64. The highest BCUT2D eigenvalue weighted by Crippen LogP contribution is 2.40. The fourth-order valence-electron chi connectivity index (χ4n) is 2.34. The lowest BCUT2D eigenvalue weighted by molar-refractivity contribution is 0.226. The zero-order chi connectivity index (χ0) is 15.5. The lowest BCUT2D eigenvalue weighted by atomic mass is 9.70. The van der Waals surface area contributed by atoms with E-state index < -0.39 is 0 Å². The third-order valence-corrected chi connectivity index (χ3v) is 4.46. The number of nitrogens with one attached hydrogen (secondary N) is 1. The topological polar surface area (TPSA) is 74.2 Å². The van der Waals surface area contributed by atoms with Crippen molar-refractivity contribution in [2.75, 3.05) is 6.54 Å². The molecule has 1 aliphatic carbocycles. The second-order valence-electron chi connectivity index (χ2n) is 5.48. The molecule has 0 radical (unpaired) electrons. The van der Waals surface area contributed by atoms with E-state index in [2.05, 4.69) is 16.4 Å². The second kappa shape index (κ2) is 6.55. The molecule has 1 atom stereocenters. The molecule has 1 saturated carbocycles. The highest BCUT2D eigenvalue weighted by atomic mass is 35.5. The Morgan fingerprint density at radius 1 is 1.52 bits per heavy atom. The van der Waals surface area contributed by atoms with Crippen LogP contribution in [0.4, 0.5) is 0 Å². The van der Waals surface area contributed by atoms with Crippen LogP contribution >= 0.6 is 23.2 Å². The van der Waals surface area contributed by atoms with Crippen molar-refractivity contribution in [1.82, 2.24) is 5.32 Å². The van der Waals surface area contributed by atoms with Crippen molar-refractivity contribution in [3.05, 3.63) is 33.8 Å². The molecule has 112 valence electrons. The van der Waals surface area contributed by atoms with Crippen LogP contribution in [0.2, 0.25) is 10.0 Å². The molecule has 1 aliphatic rings. The third kappa shape index (κ3) is 3.81. The maximum Gasteiger partial charge on any atom is 0.189 e. The summed E-state index contributed by atoms with van der Waals surface area (Å²) >= 11 is 12.0. The number of rotatable bonds is 4. The summed E-state index contributed by atoms with van der Waals surface area (Å²) < 4.78 is 0. The first kappa shape index (κ1) is 15.9. The highest BCUT2D eigenvalue weighted by molar-refractivity contribution is 6.35.